The molecule has 0 N–H and O–H groups in total. The summed E-state index contributed by atoms with van der Waals surface area (Å²) in [4.78, 5) is 16.4. The lowest BCUT2D eigenvalue weighted by Gasteiger charge is -2.26. The first-order valence-corrected chi connectivity index (χ1v) is 6.15. The van der Waals surface area contributed by atoms with Gasteiger partial charge in [0.25, 0.3) is 0 Å². The van der Waals surface area contributed by atoms with E-state index in [9.17, 15) is 10.0 Å². The number of nitrogens with zero attached hydrogens (tertiary/aromatic N) is 1. The van der Waals surface area contributed by atoms with E-state index in [1.165, 1.54) is 0 Å². The highest BCUT2D eigenvalue weighted by atomic mass is 16.9. The van der Waals surface area contributed by atoms with Gasteiger partial charge in [0.05, 0.1) is 6.10 Å². The quantitative estimate of drug-likeness (QED) is 0.423. The molecule has 0 amide bonds. The number of esters is 1. The molecule has 0 aromatic heterocycles. The van der Waals surface area contributed by atoms with Crippen LogP contribution in [-0.2, 0) is 19.1 Å². The molecule has 0 spiro atoms. The van der Waals surface area contributed by atoms with E-state index in [4.69, 9.17) is 14.3 Å². The summed E-state index contributed by atoms with van der Waals surface area (Å²) in [6.07, 6.45) is 1.47. The number of carbonyl (C=O) groups excluding carboxylic acids is 1. The molecule has 2 saturated carbocycles. The van der Waals surface area contributed by atoms with Gasteiger partial charge in [-0.3, -0.25) is 5.23 Å². The van der Waals surface area contributed by atoms with E-state index in [-0.39, 0.29) is 31.0 Å². The summed E-state index contributed by atoms with van der Waals surface area (Å²) >= 11 is 0. The summed E-state index contributed by atoms with van der Waals surface area (Å²) in [5, 5.41) is 12.2. The predicted octanol–water partition coefficient (Wildman–Crippen LogP) is 0.970. The van der Waals surface area contributed by atoms with Crippen LogP contribution in [0.2, 0.25) is 0 Å². The molecule has 2 aliphatic carbocycles. The Kier molecular flexibility index (Phi) is 2.90. The first-order chi connectivity index (χ1) is 8.58. The summed E-state index contributed by atoms with van der Waals surface area (Å²) in [6.45, 7) is 4.96. The van der Waals surface area contributed by atoms with E-state index < -0.39 is 5.97 Å². The highest BCUT2D eigenvalue weighted by Gasteiger charge is 2.59. The van der Waals surface area contributed by atoms with Gasteiger partial charge in [0, 0.05) is 17.5 Å². The Hall–Kier alpha value is -0.950. The lowest BCUT2D eigenvalue weighted by Crippen LogP contribution is -2.36. The molecule has 3 rings (SSSR count). The number of rotatable bonds is 4. The molecule has 5 unspecified atom stereocenters. The van der Waals surface area contributed by atoms with E-state index in [0.29, 0.717) is 11.5 Å². The van der Waals surface area contributed by atoms with Crippen molar-refractivity contribution in [2.45, 2.75) is 38.0 Å². The van der Waals surface area contributed by atoms with Gasteiger partial charge in [-0.1, -0.05) is 6.58 Å². The second-order valence-electron chi connectivity index (χ2n) is 5.28. The lowest BCUT2D eigenvalue weighted by molar-refractivity contribution is -0.183. The molecule has 3 aliphatic rings. The van der Waals surface area contributed by atoms with Crippen molar-refractivity contribution in [2.24, 2.45) is 11.8 Å². The SMILES string of the molecule is C=C(C)C(=O)OCOC1C2CC3C1ON([O-])C3C2. The first kappa shape index (κ1) is 12.1. The van der Waals surface area contributed by atoms with Crippen LogP contribution in [0.3, 0.4) is 0 Å². The largest absolute Gasteiger partial charge is 0.762 e. The second-order valence-corrected chi connectivity index (χ2v) is 5.28. The van der Waals surface area contributed by atoms with Crippen molar-refractivity contribution in [3.63, 3.8) is 0 Å². The molecule has 100 valence electrons. The van der Waals surface area contributed by atoms with Crippen molar-refractivity contribution in [2.75, 3.05) is 6.79 Å². The molecule has 0 radical (unpaired) electrons. The number of fused-ring (bicyclic) bond motifs is 1. The molecule has 18 heavy (non-hydrogen) atoms. The van der Waals surface area contributed by atoms with Gasteiger partial charge in [-0.05, 0) is 25.7 Å². The van der Waals surface area contributed by atoms with Crippen molar-refractivity contribution in [3.05, 3.63) is 17.4 Å². The van der Waals surface area contributed by atoms with Crippen LogP contribution < -0.4 is 0 Å². The van der Waals surface area contributed by atoms with E-state index in [1.54, 1.807) is 6.92 Å². The van der Waals surface area contributed by atoms with Crippen LogP contribution in [0.4, 0.5) is 0 Å². The molecule has 1 saturated heterocycles. The topological polar surface area (TPSA) is 71.1 Å². The first-order valence-electron chi connectivity index (χ1n) is 6.15. The van der Waals surface area contributed by atoms with Crippen molar-refractivity contribution in [1.82, 2.24) is 5.23 Å². The number of hydroxylamine groups is 2. The fourth-order valence-electron chi connectivity index (χ4n) is 3.32. The Morgan fingerprint density at radius 1 is 1.56 bits per heavy atom. The zero-order chi connectivity index (χ0) is 12.9. The average Bonchev–Trinajstić information content (AvgIpc) is 2.92. The van der Waals surface area contributed by atoms with Gasteiger partial charge in [-0.15, -0.1) is 0 Å². The van der Waals surface area contributed by atoms with Crippen molar-refractivity contribution < 1.29 is 19.1 Å². The fourth-order valence-corrected chi connectivity index (χ4v) is 3.32. The predicted molar refractivity (Wildman–Crippen MR) is 60.7 cm³/mol. The van der Waals surface area contributed by atoms with E-state index in [2.05, 4.69) is 6.58 Å². The van der Waals surface area contributed by atoms with Gasteiger partial charge in [-0.25, -0.2) is 4.79 Å². The minimum atomic E-state index is -0.464. The Morgan fingerprint density at radius 2 is 2.33 bits per heavy atom. The fraction of sp³-hybridized carbons (Fsp3) is 0.750. The molecule has 6 nitrogen and oxygen atoms in total. The summed E-state index contributed by atoms with van der Waals surface area (Å²) in [6, 6.07) is -0.00202. The minimum absolute atomic E-state index is 0.00202. The van der Waals surface area contributed by atoms with Crippen LogP contribution in [0.5, 0.6) is 0 Å². The molecule has 6 heteroatoms. The molecular formula is C12H16NO5-. The number of hydrogen-bond donors (Lipinski definition) is 0. The Labute approximate surface area is 105 Å². The van der Waals surface area contributed by atoms with Crippen LogP contribution in [0.25, 0.3) is 0 Å². The smallest absolute Gasteiger partial charge is 0.335 e. The van der Waals surface area contributed by atoms with Crippen LogP contribution >= 0.6 is 0 Å². The Balaban J connectivity index is 1.53. The number of ether oxygens (including phenoxy) is 2. The van der Waals surface area contributed by atoms with Gasteiger partial charge in [0.15, 0.2) is 6.79 Å². The maximum absolute atomic E-state index is 11.5. The Bertz CT molecular complexity index is 385. The molecule has 2 bridgehead atoms. The van der Waals surface area contributed by atoms with E-state index in [0.717, 1.165) is 18.1 Å². The Morgan fingerprint density at radius 3 is 3.06 bits per heavy atom. The summed E-state index contributed by atoms with van der Waals surface area (Å²) < 4.78 is 10.5. The standard InChI is InChI=1S/C12H16NO5/c1-6(2)12(14)17-5-16-10-7-3-8-9(4-7)13(15)18-11(8)10/h7-11H,1,3-5H2,2H3/q-1. The minimum Gasteiger partial charge on any atom is -0.762 e. The third-order valence-electron chi connectivity index (χ3n) is 4.12. The number of carbonyl (C=O) groups is 1. The molecular weight excluding hydrogens is 238 g/mol. The average molecular weight is 254 g/mol. The van der Waals surface area contributed by atoms with Gasteiger partial charge >= 0.3 is 5.97 Å². The highest BCUT2D eigenvalue weighted by Crippen LogP contribution is 2.53. The molecule has 3 fully saturated rings. The zero-order valence-electron chi connectivity index (χ0n) is 10.2. The maximum atomic E-state index is 11.5. The van der Waals surface area contributed by atoms with E-state index >= 15 is 0 Å². The van der Waals surface area contributed by atoms with Gasteiger partial charge in [0.2, 0.25) is 0 Å². The summed E-state index contributed by atoms with van der Waals surface area (Å²) in [5.41, 5.74) is 0.342. The van der Waals surface area contributed by atoms with Crippen LogP contribution in [-0.4, -0.2) is 36.2 Å². The molecule has 5 atom stereocenters. The zero-order valence-corrected chi connectivity index (χ0v) is 10.2. The van der Waals surface area contributed by atoms with Crippen molar-refractivity contribution >= 4 is 5.97 Å². The maximum Gasteiger partial charge on any atom is 0.335 e. The van der Waals surface area contributed by atoms with Crippen LogP contribution in [0.1, 0.15) is 19.8 Å². The van der Waals surface area contributed by atoms with Gasteiger partial charge < -0.3 is 19.5 Å². The third-order valence-corrected chi connectivity index (χ3v) is 4.12. The van der Waals surface area contributed by atoms with Gasteiger partial charge in [0.1, 0.15) is 6.10 Å². The van der Waals surface area contributed by atoms with E-state index in [1.807, 2.05) is 0 Å². The normalized spacial score (nSPS) is 41.3. The monoisotopic (exact) mass is 254 g/mol. The molecule has 1 aliphatic heterocycles. The van der Waals surface area contributed by atoms with Crippen molar-refractivity contribution in [3.8, 4) is 0 Å². The van der Waals surface area contributed by atoms with Crippen LogP contribution in [0, 0.1) is 17.0 Å². The highest BCUT2D eigenvalue weighted by molar-refractivity contribution is 5.86. The summed E-state index contributed by atoms with van der Waals surface area (Å²) in [7, 11) is 0. The van der Waals surface area contributed by atoms with Crippen molar-refractivity contribution in [1.29, 1.82) is 0 Å². The third kappa shape index (κ3) is 1.76. The lowest BCUT2D eigenvalue weighted by atomic mass is 9.92. The number of hydrogen-bond acceptors (Lipinski definition) is 6. The second kappa shape index (κ2) is 4.31. The summed E-state index contributed by atoms with van der Waals surface area (Å²) in [5.74, 6) is 0.149. The van der Waals surface area contributed by atoms with Crippen LogP contribution in [0.15, 0.2) is 12.2 Å². The molecule has 1 heterocycles. The van der Waals surface area contributed by atoms with Gasteiger partial charge in [-0.2, -0.15) is 0 Å². The molecule has 0 aromatic carbocycles. The molecule has 0 aromatic rings.